The summed E-state index contributed by atoms with van der Waals surface area (Å²) in [7, 11) is 2.56. The van der Waals surface area contributed by atoms with Gasteiger partial charge in [-0.05, 0) is 24.8 Å². The molecule has 0 unspecified atom stereocenters. The summed E-state index contributed by atoms with van der Waals surface area (Å²) < 4.78 is 9.92. The Balaban J connectivity index is 2.12. The summed E-state index contributed by atoms with van der Waals surface area (Å²) in [5, 5.41) is 3.22. The first-order valence-electron chi connectivity index (χ1n) is 9.32. The van der Waals surface area contributed by atoms with Gasteiger partial charge in [-0.2, -0.15) is 0 Å². The first kappa shape index (κ1) is 19.4. The van der Waals surface area contributed by atoms with Gasteiger partial charge >= 0.3 is 11.9 Å². The summed E-state index contributed by atoms with van der Waals surface area (Å²) in [6, 6.07) is 9.11. The van der Waals surface area contributed by atoms with E-state index in [1.54, 1.807) is 4.90 Å². The Labute approximate surface area is 159 Å². The topological polar surface area (TPSA) is 84.9 Å². The smallest absolute Gasteiger partial charge is 0.312 e. The third kappa shape index (κ3) is 3.32. The normalized spacial score (nSPS) is 27.9. The van der Waals surface area contributed by atoms with Gasteiger partial charge in [0.25, 0.3) is 0 Å². The number of hydrogen-bond donors (Lipinski definition) is 1. The van der Waals surface area contributed by atoms with Crippen LogP contribution in [0.25, 0.3) is 0 Å². The van der Waals surface area contributed by atoms with Crippen molar-refractivity contribution in [3.05, 3.63) is 35.9 Å². The van der Waals surface area contributed by atoms with Crippen molar-refractivity contribution in [1.82, 2.24) is 10.2 Å². The number of nitrogens with one attached hydrogen (secondary N) is 1. The summed E-state index contributed by atoms with van der Waals surface area (Å²) in [5.74, 6) is -3.09. The van der Waals surface area contributed by atoms with Crippen molar-refractivity contribution < 1.29 is 23.9 Å². The van der Waals surface area contributed by atoms with Crippen LogP contribution in [0, 0.1) is 11.8 Å². The lowest BCUT2D eigenvalue weighted by molar-refractivity contribution is -0.161. The van der Waals surface area contributed by atoms with E-state index < -0.39 is 29.3 Å². The van der Waals surface area contributed by atoms with Gasteiger partial charge in [-0.1, -0.05) is 30.3 Å². The molecule has 2 aliphatic rings. The fraction of sp³-hybridized carbons (Fsp3) is 0.550. The van der Waals surface area contributed by atoms with E-state index in [1.165, 1.54) is 14.2 Å². The van der Waals surface area contributed by atoms with Crippen LogP contribution in [0.1, 0.15) is 24.8 Å². The highest BCUT2D eigenvalue weighted by molar-refractivity contribution is 5.97. The average molecular weight is 374 g/mol. The molecule has 0 saturated carbocycles. The van der Waals surface area contributed by atoms with Gasteiger partial charge in [-0.15, -0.1) is 0 Å². The lowest BCUT2D eigenvalue weighted by Gasteiger charge is -2.39. The highest BCUT2D eigenvalue weighted by Gasteiger charge is 2.61. The number of ether oxygens (including phenoxy) is 2. The third-order valence-electron chi connectivity index (χ3n) is 5.64. The van der Waals surface area contributed by atoms with Gasteiger partial charge in [0, 0.05) is 19.6 Å². The van der Waals surface area contributed by atoms with E-state index in [2.05, 4.69) is 5.32 Å². The molecule has 7 nitrogen and oxygen atoms in total. The molecule has 2 saturated heterocycles. The van der Waals surface area contributed by atoms with E-state index in [4.69, 9.17) is 9.47 Å². The molecule has 27 heavy (non-hydrogen) atoms. The summed E-state index contributed by atoms with van der Waals surface area (Å²) in [6.07, 6.45) is 2.95. The molecule has 0 aromatic heterocycles. The van der Waals surface area contributed by atoms with Crippen LogP contribution >= 0.6 is 0 Å². The minimum Gasteiger partial charge on any atom is -0.469 e. The largest absolute Gasteiger partial charge is 0.469 e. The predicted molar refractivity (Wildman–Crippen MR) is 97.6 cm³/mol. The van der Waals surface area contributed by atoms with Gasteiger partial charge in [0.05, 0.1) is 20.1 Å². The van der Waals surface area contributed by atoms with Crippen molar-refractivity contribution in [1.29, 1.82) is 0 Å². The molecule has 1 amide bonds. The molecule has 0 spiro atoms. The molecule has 0 aliphatic carbocycles. The molecule has 2 fully saturated rings. The fourth-order valence-corrected chi connectivity index (χ4v) is 4.30. The third-order valence-corrected chi connectivity index (χ3v) is 5.64. The van der Waals surface area contributed by atoms with Crippen LogP contribution in [0.3, 0.4) is 0 Å². The number of amides is 1. The lowest BCUT2D eigenvalue weighted by atomic mass is 9.74. The van der Waals surface area contributed by atoms with Crippen LogP contribution < -0.4 is 5.32 Å². The second-order valence-electron chi connectivity index (χ2n) is 7.04. The molecular formula is C20H26N2O5. The summed E-state index contributed by atoms with van der Waals surface area (Å²) >= 11 is 0. The van der Waals surface area contributed by atoms with Gasteiger partial charge in [0.1, 0.15) is 11.5 Å². The van der Waals surface area contributed by atoms with Crippen LogP contribution in [0.15, 0.2) is 30.3 Å². The van der Waals surface area contributed by atoms with Crippen molar-refractivity contribution in [2.75, 3.05) is 33.9 Å². The SMILES string of the molecule is COC(=O)[C@H]1CN[C@](C(=O)N2CCCCC2)(c2ccccc2)[C@H]1C(=O)OC. The second-order valence-corrected chi connectivity index (χ2v) is 7.04. The molecule has 7 heteroatoms. The van der Waals surface area contributed by atoms with Crippen molar-refractivity contribution in [3.8, 4) is 0 Å². The van der Waals surface area contributed by atoms with Crippen LogP contribution in [0.5, 0.6) is 0 Å². The maximum atomic E-state index is 13.7. The van der Waals surface area contributed by atoms with E-state index in [9.17, 15) is 14.4 Å². The number of methoxy groups -OCH3 is 2. The van der Waals surface area contributed by atoms with E-state index in [1.807, 2.05) is 30.3 Å². The molecule has 1 aromatic rings. The molecule has 3 rings (SSSR count). The van der Waals surface area contributed by atoms with Gasteiger partial charge in [0.2, 0.25) is 5.91 Å². The Kier molecular flexibility index (Phi) is 5.79. The number of nitrogens with zero attached hydrogens (tertiary/aromatic N) is 1. The lowest BCUT2D eigenvalue weighted by Crippen LogP contribution is -2.59. The minimum absolute atomic E-state index is 0.168. The highest BCUT2D eigenvalue weighted by Crippen LogP contribution is 2.43. The predicted octanol–water partition coefficient (Wildman–Crippen LogP) is 1.08. The summed E-state index contributed by atoms with van der Waals surface area (Å²) in [6.45, 7) is 1.46. The number of hydrogen-bond acceptors (Lipinski definition) is 6. The van der Waals surface area contributed by atoms with E-state index in [0.717, 1.165) is 19.3 Å². The molecule has 2 heterocycles. The molecule has 3 atom stereocenters. The zero-order valence-electron chi connectivity index (χ0n) is 15.8. The molecular weight excluding hydrogens is 348 g/mol. The van der Waals surface area contributed by atoms with E-state index in [0.29, 0.717) is 18.7 Å². The Morgan fingerprint density at radius 2 is 1.63 bits per heavy atom. The standard InChI is InChI=1S/C20H26N2O5/c1-26-17(23)15-13-21-20(16(15)18(24)27-2,14-9-5-3-6-10-14)19(25)22-11-7-4-8-12-22/h3,5-6,9-10,15-16,21H,4,7-8,11-13H2,1-2H3/t15-,16+,20+/m0/s1. The first-order valence-corrected chi connectivity index (χ1v) is 9.32. The van der Waals surface area contributed by atoms with E-state index in [-0.39, 0.29) is 12.5 Å². The molecule has 1 aromatic carbocycles. The van der Waals surface area contributed by atoms with Gasteiger partial charge < -0.3 is 14.4 Å². The zero-order chi connectivity index (χ0) is 19.4. The summed E-state index contributed by atoms with van der Waals surface area (Å²) in [5.41, 5.74) is -0.688. The van der Waals surface area contributed by atoms with Crippen molar-refractivity contribution in [3.63, 3.8) is 0 Å². The Morgan fingerprint density at radius 1 is 1.00 bits per heavy atom. The minimum atomic E-state index is -1.34. The number of carbonyl (C=O) groups excluding carboxylic acids is 3. The number of esters is 2. The Hall–Kier alpha value is -2.41. The van der Waals surface area contributed by atoms with Crippen molar-refractivity contribution >= 4 is 17.8 Å². The Bertz CT molecular complexity index is 702. The molecule has 0 bridgehead atoms. The first-order chi connectivity index (χ1) is 13.1. The maximum Gasteiger partial charge on any atom is 0.312 e. The number of benzene rings is 1. The monoisotopic (exact) mass is 374 g/mol. The van der Waals surface area contributed by atoms with Crippen LogP contribution in [0.2, 0.25) is 0 Å². The zero-order valence-corrected chi connectivity index (χ0v) is 15.8. The molecule has 1 N–H and O–H groups in total. The van der Waals surface area contributed by atoms with Gasteiger partial charge in [-0.25, -0.2) is 0 Å². The quantitative estimate of drug-likeness (QED) is 0.794. The van der Waals surface area contributed by atoms with Crippen molar-refractivity contribution in [2.45, 2.75) is 24.8 Å². The van der Waals surface area contributed by atoms with Gasteiger partial charge in [-0.3, -0.25) is 19.7 Å². The van der Waals surface area contributed by atoms with Crippen molar-refractivity contribution in [2.24, 2.45) is 11.8 Å². The Morgan fingerprint density at radius 3 is 2.22 bits per heavy atom. The number of rotatable bonds is 4. The summed E-state index contributed by atoms with van der Waals surface area (Å²) in [4.78, 5) is 40.7. The van der Waals surface area contributed by atoms with Crippen LogP contribution in [0.4, 0.5) is 0 Å². The fourth-order valence-electron chi connectivity index (χ4n) is 4.30. The number of piperidine rings is 1. The van der Waals surface area contributed by atoms with Gasteiger partial charge in [0.15, 0.2) is 0 Å². The van der Waals surface area contributed by atoms with Crippen LogP contribution in [-0.2, 0) is 29.4 Å². The second kappa shape index (κ2) is 8.08. The number of carbonyl (C=O) groups is 3. The van der Waals surface area contributed by atoms with E-state index >= 15 is 0 Å². The molecule has 146 valence electrons. The average Bonchev–Trinajstić information content (AvgIpc) is 3.14. The highest BCUT2D eigenvalue weighted by atomic mass is 16.5. The molecule has 2 aliphatic heterocycles. The molecule has 0 radical (unpaired) electrons. The number of likely N-dealkylation sites (tertiary alicyclic amines) is 1. The maximum absolute atomic E-state index is 13.7. The van der Waals surface area contributed by atoms with Crippen LogP contribution in [-0.4, -0.2) is 56.6 Å².